The summed E-state index contributed by atoms with van der Waals surface area (Å²) >= 11 is 0. The standard InChI is InChI=1S/C14H23N5O2S/c1-7-19-12(4)14(10(2)16-19)22(20,21)17(5)9-13-8-15-18(6)11(13)3/h8H,7,9H2,1-6H3. The van der Waals surface area contributed by atoms with Crippen LogP contribution in [0.2, 0.25) is 0 Å². The van der Waals surface area contributed by atoms with E-state index in [0.29, 0.717) is 22.8 Å². The molecule has 0 bridgehead atoms. The fourth-order valence-electron chi connectivity index (χ4n) is 2.54. The topological polar surface area (TPSA) is 73.0 Å². The largest absolute Gasteiger partial charge is 0.273 e. The molecule has 0 aliphatic heterocycles. The molecule has 2 rings (SSSR count). The fourth-order valence-corrected chi connectivity index (χ4v) is 4.06. The van der Waals surface area contributed by atoms with E-state index in [1.165, 1.54) is 4.31 Å². The van der Waals surface area contributed by atoms with E-state index in [2.05, 4.69) is 10.2 Å². The maximum atomic E-state index is 12.9. The van der Waals surface area contributed by atoms with Crippen LogP contribution >= 0.6 is 0 Å². The number of hydrogen-bond donors (Lipinski definition) is 0. The molecule has 0 saturated heterocycles. The van der Waals surface area contributed by atoms with Gasteiger partial charge in [-0.15, -0.1) is 0 Å². The first-order chi connectivity index (χ1) is 10.2. The summed E-state index contributed by atoms with van der Waals surface area (Å²) in [7, 11) is -0.155. The highest BCUT2D eigenvalue weighted by atomic mass is 32.2. The van der Waals surface area contributed by atoms with Crippen LogP contribution in [0.15, 0.2) is 11.1 Å². The van der Waals surface area contributed by atoms with Crippen LogP contribution in [-0.2, 0) is 30.2 Å². The molecule has 122 valence electrons. The molecule has 0 amide bonds. The highest BCUT2D eigenvalue weighted by Crippen LogP contribution is 2.24. The van der Waals surface area contributed by atoms with Crippen LogP contribution in [0, 0.1) is 20.8 Å². The zero-order valence-corrected chi connectivity index (χ0v) is 14.8. The number of nitrogens with zero attached hydrogens (tertiary/aromatic N) is 5. The van der Waals surface area contributed by atoms with Crippen LogP contribution in [0.25, 0.3) is 0 Å². The molecule has 2 heterocycles. The van der Waals surface area contributed by atoms with E-state index in [1.807, 2.05) is 20.9 Å². The molecule has 0 radical (unpaired) electrons. The fraction of sp³-hybridized carbons (Fsp3) is 0.571. The van der Waals surface area contributed by atoms with E-state index in [0.717, 1.165) is 11.3 Å². The van der Waals surface area contributed by atoms with Crippen molar-refractivity contribution in [1.29, 1.82) is 0 Å². The van der Waals surface area contributed by atoms with Crippen molar-refractivity contribution in [2.24, 2.45) is 7.05 Å². The molecule has 7 nitrogen and oxygen atoms in total. The molecule has 8 heteroatoms. The van der Waals surface area contributed by atoms with Crippen LogP contribution in [0.3, 0.4) is 0 Å². The minimum absolute atomic E-state index is 0.290. The third-order valence-electron chi connectivity index (χ3n) is 4.01. The molecule has 0 N–H and O–H groups in total. The smallest absolute Gasteiger partial charge is 0.246 e. The van der Waals surface area contributed by atoms with E-state index >= 15 is 0 Å². The van der Waals surface area contributed by atoms with Crippen LogP contribution in [0.4, 0.5) is 0 Å². The molecular weight excluding hydrogens is 302 g/mol. The Balaban J connectivity index is 2.38. The van der Waals surface area contributed by atoms with Gasteiger partial charge in [0, 0.05) is 38.4 Å². The van der Waals surface area contributed by atoms with Crippen molar-refractivity contribution in [1.82, 2.24) is 23.9 Å². The molecule has 0 atom stereocenters. The molecule has 0 aromatic carbocycles. The van der Waals surface area contributed by atoms with E-state index in [-0.39, 0.29) is 6.54 Å². The molecule has 2 aromatic rings. The summed E-state index contributed by atoms with van der Waals surface area (Å²) in [6.45, 7) is 8.33. The van der Waals surface area contributed by atoms with Gasteiger partial charge in [0.1, 0.15) is 4.90 Å². The van der Waals surface area contributed by atoms with Gasteiger partial charge in [0.25, 0.3) is 0 Å². The van der Waals surface area contributed by atoms with Gasteiger partial charge in [-0.2, -0.15) is 14.5 Å². The van der Waals surface area contributed by atoms with Crippen LogP contribution in [0.1, 0.15) is 29.6 Å². The summed E-state index contributed by atoms with van der Waals surface area (Å²) in [5, 5.41) is 8.46. The SMILES string of the molecule is CCn1nc(C)c(S(=O)(=O)N(C)Cc2cnn(C)c2C)c1C. The summed E-state index contributed by atoms with van der Waals surface area (Å²) < 4.78 is 30.5. The first-order valence-corrected chi connectivity index (χ1v) is 8.62. The van der Waals surface area contributed by atoms with E-state index in [4.69, 9.17) is 0 Å². The van der Waals surface area contributed by atoms with Gasteiger partial charge in [0.05, 0.1) is 17.6 Å². The third kappa shape index (κ3) is 2.68. The minimum Gasteiger partial charge on any atom is -0.273 e. The predicted molar refractivity (Wildman–Crippen MR) is 84.0 cm³/mol. The first kappa shape index (κ1) is 16.7. The maximum absolute atomic E-state index is 12.9. The average Bonchev–Trinajstić information content (AvgIpc) is 2.92. The lowest BCUT2D eigenvalue weighted by molar-refractivity contribution is 0.464. The van der Waals surface area contributed by atoms with Gasteiger partial charge in [0.15, 0.2) is 0 Å². The van der Waals surface area contributed by atoms with Gasteiger partial charge in [-0.3, -0.25) is 9.36 Å². The number of sulfonamides is 1. The number of aryl methyl sites for hydroxylation is 3. The lowest BCUT2D eigenvalue weighted by atomic mass is 10.3. The van der Waals surface area contributed by atoms with Crippen LogP contribution in [0.5, 0.6) is 0 Å². The van der Waals surface area contributed by atoms with Gasteiger partial charge in [-0.1, -0.05) is 0 Å². The Morgan fingerprint density at radius 1 is 1.23 bits per heavy atom. The van der Waals surface area contributed by atoms with Crippen molar-refractivity contribution in [3.63, 3.8) is 0 Å². The Morgan fingerprint density at radius 3 is 2.32 bits per heavy atom. The predicted octanol–water partition coefficient (Wildman–Crippen LogP) is 1.38. The maximum Gasteiger partial charge on any atom is 0.246 e. The molecule has 0 unspecified atom stereocenters. The van der Waals surface area contributed by atoms with Crippen molar-refractivity contribution in [3.8, 4) is 0 Å². The Hall–Kier alpha value is -1.67. The number of hydrogen-bond acceptors (Lipinski definition) is 4. The molecule has 2 aromatic heterocycles. The van der Waals surface area contributed by atoms with Crippen molar-refractivity contribution >= 4 is 10.0 Å². The molecular formula is C14H23N5O2S. The lowest BCUT2D eigenvalue weighted by Gasteiger charge is -2.17. The van der Waals surface area contributed by atoms with Gasteiger partial charge < -0.3 is 0 Å². The lowest BCUT2D eigenvalue weighted by Crippen LogP contribution is -2.27. The van der Waals surface area contributed by atoms with Crippen molar-refractivity contribution in [2.45, 2.75) is 45.7 Å². The molecule has 0 spiro atoms. The molecule has 22 heavy (non-hydrogen) atoms. The van der Waals surface area contributed by atoms with E-state index < -0.39 is 10.0 Å². The second-order valence-corrected chi connectivity index (χ2v) is 7.44. The van der Waals surface area contributed by atoms with Gasteiger partial charge in [-0.25, -0.2) is 8.42 Å². The first-order valence-electron chi connectivity index (χ1n) is 7.18. The molecule has 0 fully saturated rings. The number of aromatic nitrogens is 4. The van der Waals surface area contributed by atoms with Gasteiger partial charge in [-0.05, 0) is 27.7 Å². The average molecular weight is 325 g/mol. The van der Waals surface area contributed by atoms with E-state index in [9.17, 15) is 8.42 Å². The number of rotatable bonds is 5. The molecule has 0 saturated carbocycles. The Labute approximate surface area is 131 Å². The monoisotopic (exact) mass is 325 g/mol. The van der Waals surface area contributed by atoms with Gasteiger partial charge >= 0.3 is 0 Å². The Kier molecular flexibility index (Phi) is 4.44. The minimum atomic E-state index is -3.58. The summed E-state index contributed by atoms with van der Waals surface area (Å²) in [6.07, 6.45) is 1.70. The van der Waals surface area contributed by atoms with Gasteiger partial charge in [0.2, 0.25) is 10.0 Å². The molecule has 0 aliphatic rings. The normalized spacial score (nSPS) is 12.3. The highest BCUT2D eigenvalue weighted by Gasteiger charge is 2.29. The highest BCUT2D eigenvalue weighted by molar-refractivity contribution is 7.89. The zero-order valence-electron chi connectivity index (χ0n) is 14.0. The molecule has 0 aliphatic carbocycles. The summed E-state index contributed by atoms with van der Waals surface area (Å²) in [4.78, 5) is 0.304. The van der Waals surface area contributed by atoms with E-state index in [1.54, 1.807) is 36.5 Å². The second-order valence-electron chi connectivity index (χ2n) is 5.46. The second kappa shape index (κ2) is 5.85. The van der Waals surface area contributed by atoms with Crippen LogP contribution < -0.4 is 0 Å². The van der Waals surface area contributed by atoms with Crippen molar-refractivity contribution in [2.75, 3.05) is 7.05 Å². The van der Waals surface area contributed by atoms with Crippen molar-refractivity contribution in [3.05, 3.63) is 28.8 Å². The Morgan fingerprint density at radius 2 is 1.86 bits per heavy atom. The summed E-state index contributed by atoms with van der Waals surface area (Å²) in [5.74, 6) is 0. The summed E-state index contributed by atoms with van der Waals surface area (Å²) in [6, 6.07) is 0. The Bertz CT molecular complexity index is 789. The van der Waals surface area contributed by atoms with Crippen molar-refractivity contribution < 1.29 is 8.42 Å². The quantitative estimate of drug-likeness (QED) is 0.832. The third-order valence-corrected chi connectivity index (χ3v) is 6.07. The zero-order chi connectivity index (χ0) is 16.7. The van der Waals surface area contributed by atoms with Crippen LogP contribution in [-0.4, -0.2) is 39.3 Å². The summed E-state index contributed by atoms with van der Waals surface area (Å²) in [5.41, 5.74) is 3.07.